The van der Waals surface area contributed by atoms with Crippen LogP contribution in [-0.2, 0) is 12.8 Å². The monoisotopic (exact) mass is 405 g/mol. The van der Waals surface area contributed by atoms with Crippen LogP contribution in [0.1, 0.15) is 37.8 Å². The van der Waals surface area contributed by atoms with Crippen molar-refractivity contribution in [2.75, 3.05) is 0 Å². The van der Waals surface area contributed by atoms with Gasteiger partial charge in [-0.15, -0.1) is 0 Å². The van der Waals surface area contributed by atoms with E-state index in [1.807, 2.05) is 28.7 Å². The molecule has 3 aromatic carbocycles. The van der Waals surface area contributed by atoms with Gasteiger partial charge in [0.2, 0.25) is 0 Å². The lowest BCUT2D eigenvalue weighted by Gasteiger charge is -2.22. The highest BCUT2D eigenvalue weighted by molar-refractivity contribution is 6.06. The zero-order valence-corrected chi connectivity index (χ0v) is 18.2. The maximum atomic E-state index is 14.0. The van der Waals surface area contributed by atoms with E-state index in [9.17, 15) is 4.79 Å². The molecule has 0 radical (unpaired) electrons. The number of nitrogens with zero attached hydrogens (tertiary/aromatic N) is 1. The second-order valence-electron chi connectivity index (χ2n) is 8.25. The molecule has 0 unspecified atom stereocenters. The molecule has 0 N–H and O–H groups in total. The van der Waals surface area contributed by atoms with Crippen LogP contribution < -0.4 is 5.56 Å². The van der Waals surface area contributed by atoms with Gasteiger partial charge >= 0.3 is 0 Å². The standard InChI is InChI=1S/C29H27NO/c1-3-12-23-21-16-8-10-18-25(21)28-24(13-4-2)22-17-9-11-19-26(22)29(31)30(28)27(23)20-14-6-5-7-15-20/h5-11,14-19H,3-4,12-13H2,1-2H3. The molecule has 0 atom stereocenters. The Bertz CT molecular complexity index is 1460. The first-order valence-corrected chi connectivity index (χ1v) is 11.3. The normalized spacial score (nSPS) is 11.5. The first-order chi connectivity index (χ1) is 15.3. The molecule has 2 heterocycles. The van der Waals surface area contributed by atoms with Gasteiger partial charge in [0.05, 0.1) is 11.2 Å². The minimum Gasteiger partial charge on any atom is -0.275 e. The van der Waals surface area contributed by atoms with Crippen molar-refractivity contribution >= 4 is 27.1 Å². The maximum Gasteiger partial charge on any atom is 0.263 e. The van der Waals surface area contributed by atoms with Gasteiger partial charge in [-0.2, -0.15) is 0 Å². The zero-order valence-electron chi connectivity index (χ0n) is 18.2. The molecule has 0 aliphatic rings. The zero-order chi connectivity index (χ0) is 21.4. The Hall–Kier alpha value is -3.39. The molecule has 0 saturated heterocycles. The lowest BCUT2D eigenvalue weighted by atomic mass is 9.91. The van der Waals surface area contributed by atoms with Crippen molar-refractivity contribution in [2.24, 2.45) is 0 Å². The van der Waals surface area contributed by atoms with Gasteiger partial charge in [-0.3, -0.25) is 9.20 Å². The molecular weight excluding hydrogens is 378 g/mol. The van der Waals surface area contributed by atoms with Crippen LogP contribution in [0, 0.1) is 0 Å². The Labute approximate surface area is 182 Å². The SMILES string of the molecule is CCCc1c(-c2ccccc2)n2c(=O)c3ccccc3c(CCC)c2c2ccccc12. The first kappa shape index (κ1) is 19.6. The molecule has 0 aliphatic carbocycles. The van der Waals surface area contributed by atoms with Gasteiger partial charge < -0.3 is 0 Å². The lowest BCUT2D eigenvalue weighted by molar-refractivity contribution is 0.909. The molecule has 2 nitrogen and oxygen atoms in total. The average molecular weight is 406 g/mol. The van der Waals surface area contributed by atoms with E-state index in [4.69, 9.17) is 0 Å². The number of hydrogen-bond donors (Lipinski definition) is 0. The highest BCUT2D eigenvalue weighted by Crippen LogP contribution is 2.37. The van der Waals surface area contributed by atoms with Crippen molar-refractivity contribution in [2.45, 2.75) is 39.5 Å². The largest absolute Gasteiger partial charge is 0.275 e. The number of fused-ring (bicyclic) bond motifs is 4. The molecule has 0 fully saturated rings. The molecule has 2 heteroatoms. The Morgan fingerprint density at radius 2 is 1.13 bits per heavy atom. The highest BCUT2D eigenvalue weighted by Gasteiger charge is 2.21. The van der Waals surface area contributed by atoms with Gasteiger partial charge in [-0.05, 0) is 46.4 Å². The van der Waals surface area contributed by atoms with Crippen molar-refractivity contribution in [1.29, 1.82) is 0 Å². The predicted molar refractivity (Wildman–Crippen MR) is 132 cm³/mol. The van der Waals surface area contributed by atoms with E-state index in [-0.39, 0.29) is 5.56 Å². The van der Waals surface area contributed by atoms with Crippen LogP contribution >= 0.6 is 0 Å². The Morgan fingerprint density at radius 1 is 0.613 bits per heavy atom. The Morgan fingerprint density at radius 3 is 1.77 bits per heavy atom. The predicted octanol–water partition coefficient (Wildman–Crippen LogP) is 7.18. The topological polar surface area (TPSA) is 21.5 Å². The summed E-state index contributed by atoms with van der Waals surface area (Å²) in [5.74, 6) is 0. The summed E-state index contributed by atoms with van der Waals surface area (Å²) < 4.78 is 2.02. The maximum absolute atomic E-state index is 14.0. The van der Waals surface area contributed by atoms with Crippen LogP contribution in [0.4, 0.5) is 0 Å². The van der Waals surface area contributed by atoms with Crippen molar-refractivity contribution in [3.63, 3.8) is 0 Å². The molecule has 0 bridgehead atoms. The van der Waals surface area contributed by atoms with E-state index in [0.717, 1.165) is 53.2 Å². The second kappa shape index (κ2) is 8.03. The quantitative estimate of drug-likeness (QED) is 0.224. The van der Waals surface area contributed by atoms with Crippen LogP contribution in [0.2, 0.25) is 0 Å². The van der Waals surface area contributed by atoms with Crippen molar-refractivity contribution < 1.29 is 0 Å². The van der Waals surface area contributed by atoms with E-state index >= 15 is 0 Å². The van der Waals surface area contributed by atoms with Gasteiger partial charge in [0.25, 0.3) is 5.56 Å². The van der Waals surface area contributed by atoms with Crippen molar-refractivity contribution in [3.05, 3.63) is 100 Å². The summed E-state index contributed by atoms with van der Waals surface area (Å²) >= 11 is 0. The summed E-state index contributed by atoms with van der Waals surface area (Å²) in [5.41, 5.74) is 5.82. The Kier molecular flexibility index (Phi) is 5.07. The third kappa shape index (κ3) is 3.06. The fourth-order valence-electron chi connectivity index (χ4n) is 5.03. The van der Waals surface area contributed by atoms with Crippen LogP contribution in [0.15, 0.2) is 83.7 Å². The first-order valence-electron chi connectivity index (χ1n) is 11.3. The second-order valence-corrected chi connectivity index (χ2v) is 8.25. The van der Waals surface area contributed by atoms with Crippen LogP contribution in [-0.4, -0.2) is 4.40 Å². The third-order valence-electron chi connectivity index (χ3n) is 6.26. The van der Waals surface area contributed by atoms with Gasteiger partial charge in [0.1, 0.15) is 0 Å². The van der Waals surface area contributed by atoms with Gasteiger partial charge in [-0.25, -0.2) is 0 Å². The fourth-order valence-corrected chi connectivity index (χ4v) is 5.03. The van der Waals surface area contributed by atoms with E-state index in [1.165, 1.54) is 21.9 Å². The number of aromatic nitrogens is 1. The van der Waals surface area contributed by atoms with Gasteiger partial charge in [0.15, 0.2) is 0 Å². The summed E-state index contributed by atoms with van der Waals surface area (Å²) in [5, 5.41) is 4.33. The fraction of sp³-hybridized carbons (Fsp3) is 0.207. The molecule has 31 heavy (non-hydrogen) atoms. The van der Waals surface area contributed by atoms with E-state index in [2.05, 4.69) is 68.4 Å². The molecule has 0 spiro atoms. The molecule has 0 aliphatic heterocycles. The highest BCUT2D eigenvalue weighted by atomic mass is 16.1. The molecule has 2 aromatic heterocycles. The summed E-state index contributed by atoms with van der Waals surface area (Å²) in [7, 11) is 0. The van der Waals surface area contributed by atoms with Crippen molar-refractivity contribution in [1.82, 2.24) is 4.40 Å². The number of pyridine rings is 2. The summed E-state index contributed by atoms with van der Waals surface area (Å²) in [6.07, 6.45) is 3.93. The van der Waals surface area contributed by atoms with E-state index in [1.54, 1.807) is 0 Å². The number of hydrogen-bond acceptors (Lipinski definition) is 1. The summed E-state index contributed by atoms with van der Waals surface area (Å²) in [6, 6.07) is 27.1. The summed E-state index contributed by atoms with van der Waals surface area (Å²) in [4.78, 5) is 14.0. The smallest absolute Gasteiger partial charge is 0.263 e. The van der Waals surface area contributed by atoms with E-state index < -0.39 is 0 Å². The minimum atomic E-state index is 0.0763. The third-order valence-corrected chi connectivity index (χ3v) is 6.26. The number of rotatable bonds is 5. The van der Waals surface area contributed by atoms with Gasteiger partial charge in [0, 0.05) is 10.8 Å². The van der Waals surface area contributed by atoms with Crippen LogP contribution in [0.25, 0.3) is 38.3 Å². The average Bonchev–Trinajstić information content (AvgIpc) is 2.82. The van der Waals surface area contributed by atoms with Crippen LogP contribution in [0.3, 0.4) is 0 Å². The minimum absolute atomic E-state index is 0.0763. The number of benzene rings is 3. The van der Waals surface area contributed by atoms with Crippen LogP contribution in [0.5, 0.6) is 0 Å². The summed E-state index contributed by atoms with van der Waals surface area (Å²) in [6.45, 7) is 4.42. The molecule has 154 valence electrons. The Balaban J connectivity index is 2.15. The molecular formula is C29H27NO. The van der Waals surface area contributed by atoms with Gasteiger partial charge in [-0.1, -0.05) is 99.5 Å². The molecule has 5 aromatic rings. The molecule has 0 saturated carbocycles. The molecule has 5 rings (SSSR count). The van der Waals surface area contributed by atoms with E-state index in [0.29, 0.717) is 0 Å². The molecule has 0 amide bonds. The number of aryl methyl sites for hydroxylation is 2. The lowest BCUT2D eigenvalue weighted by Crippen LogP contribution is -2.20. The van der Waals surface area contributed by atoms with Crippen molar-refractivity contribution in [3.8, 4) is 11.3 Å².